The van der Waals surface area contributed by atoms with Gasteiger partial charge in [0, 0.05) is 38.5 Å². The number of likely N-dealkylation sites (tertiary alicyclic amines) is 1. The van der Waals surface area contributed by atoms with Crippen molar-refractivity contribution < 1.29 is 18.7 Å². The highest BCUT2D eigenvalue weighted by Crippen LogP contribution is 2.31. The number of nitrogens with one attached hydrogen (secondary N) is 1. The van der Waals surface area contributed by atoms with Gasteiger partial charge in [0.15, 0.2) is 0 Å². The lowest BCUT2D eigenvalue weighted by Gasteiger charge is -2.39. The molecule has 2 aliphatic rings. The van der Waals surface area contributed by atoms with E-state index in [9.17, 15) is 9.59 Å². The molecular formula is C19H31N5O4. The number of rotatable bonds is 7. The third kappa shape index (κ3) is 5.01. The first-order valence-corrected chi connectivity index (χ1v) is 10.2. The van der Waals surface area contributed by atoms with Gasteiger partial charge < -0.3 is 25.1 Å². The molecule has 3 N–H and O–H groups in total. The van der Waals surface area contributed by atoms with Crippen LogP contribution in [0.1, 0.15) is 51.3 Å². The summed E-state index contributed by atoms with van der Waals surface area (Å²) in [6.45, 7) is 5.70. The molecule has 3 atom stereocenters. The maximum absolute atomic E-state index is 13.0. The smallest absolute Gasteiger partial charge is 0.315 e. The van der Waals surface area contributed by atoms with E-state index < -0.39 is 0 Å². The van der Waals surface area contributed by atoms with Gasteiger partial charge in [-0.05, 0) is 38.5 Å². The van der Waals surface area contributed by atoms with Gasteiger partial charge in [0.2, 0.25) is 17.7 Å². The fraction of sp³-hybridized carbons (Fsp3) is 0.789. The molecule has 156 valence electrons. The number of nitrogens with two attached hydrogens (primary N) is 1. The number of nitrogens with zero attached hydrogens (tertiary/aromatic N) is 3. The Kier molecular flexibility index (Phi) is 6.88. The molecule has 1 saturated heterocycles. The average molecular weight is 393 g/mol. The predicted molar refractivity (Wildman–Crippen MR) is 102 cm³/mol. The average Bonchev–Trinajstić information content (AvgIpc) is 3.11. The lowest BCUT2D eigenvalue weighted by Crippen LogP contribution is -2.49. The van der Waals surface area contributed by atoms with E-state index in [4.69, 9.17) is 14.9 Å². The number of carbonyl (C=O) groups excluding carboxylic acids is 2. The van der Waals surface area contributed by atoms with Crippen LogP contribution in [-0.4, -0.2) is 58.8 Å². The minimum absolute atomic E-state index is 0.0109. The Morgan fingerprint density at radius 3 is 2.57 bits per heavy atom. The van der Waals surface area contributed by atoms with Gasteiger partial charge in [0.1, 0.15) is 0 Å². The number of piperidine rings is 1. The topological polar surface area (TPSA) is 124 Å². The van der Waals surface area contributed by atoms with E-state index in [1.54, 1.807) is 6.92 Å². The molecule has 28 heavy (non-hydrogen) atoms. The number of amides is 2. The quantitative estimate of drug-likeness (QED) is 0.719. The molecule has 1 aliphatic carbocycles. The lowest BCUT2D eigenvalue weighted by atomic mass is 9.82. The molecule has 1 saturated carbocycles. The van der Waals surface area contributed by atoms with Crippen molar-refractivity contribution >= 4 is 17.8 Å². The summed E-state index contributed by atoms with van der Waals surface area (Å²) in [6, 6.07) is 0.306. The number of aryl methyl sites for hydroxylation is 1. The highest BCUT2D eigenvalue weighted by molar-refractivity contribution is 5.80. The summed E-state index contributed by atoms with van der Waals surface area (Å²) in [4.78, 5) is 26.3. The van der Waals surface area contributed by atoms with E-state index in [1.807, 2.05) is 4.90 Å². The molecule has 9 nitrogen and oxygen atoms in total. The lowest BCUT2D eigenvalue weighted by molar-refractivity contribution is -0.140. The third-order valence-corrected chi connectivity index (χ3v) is 5.72. The Labute approximate surface area is 165 Å². The Hall–Kier alpha value is -2.16. The van der Waals surface area contributed by atoms with Crippen molar-refractivity contribution in [1.82, 2.24) is 15.1 Å². The Bertz CT molecular complexity index is 671. The predicted octanol–water partition coefficient (Wildman–Crippen LogP) is 1.48. The minimum Gasteiger partial charge on any atom is -0.408 e. The third-order valence-electron chi connectivity index (χ3n) is 5.72. The molecule has 1 aromatic heterocycles. The molecule has 1 aliphatic heterocycles. The molecule has 0 radical (unpaired) electrons. The van der Waals surface area contributed by atoms with E-state index in [-0.39, 0.29) is 35.8 Å². The standard InChI is InChI=1S/C19H31N5O4/c1-3-10-27-16-5-4-14(11-15(16)21-19-23-22-12(2)28-19)18(26)24-8-6-13(7-9-24)17(20)25/h13-16H,3-11H2,1-2H3,(H2,20,25)(H,21,23)/t14-,15+,16+/m0/s1. The van der Waals surface area contributed by atoms with Crippen molar-refractivity contribution in [1.29, 1.82) is 0 Å². The van der Waals surface area contributed by atoms with Crippen LogP contribution in [0.15, 0.2) is 4.42 Å². The fourth-order valence-electron chi connectivity index (χ4n) is 4.14. The van der Waals surface area contributed by atoms with Crippen LogP contribution in [0.4, 0.5) is 6.01 Å². The number of anilines is 1. The van der Waals surface area contributed by atoms with E-state index >= 15 is 0 Å². The largest absolute Gasteiger partial charge is 0.408 e. The zero-order chi connectivity index (χ0) is 20.1. The Balaban J connectivity index is 1.61. The first-order chi connectivity index (χ1) is 13.5. The van der Waals surface area contributed by atoms with Crippen LogP contribution in [0, 0.1) is 18.8 Å². The second-order valence-corrected chi connectivity index (χ2v) is 7.80. The van der Waals surface area contributed by atoms with Crippen LogP contribution in [0.5, 0.6) is 0 Å². The summed E-state index contributed by atoms with van der Waals surface area (Å²) in [5.41, 5.74) is 5.40. The zero-order valence-corrected chi connectivity index (χ0v) is 16.7. The van der Waals surface area contributed by atoms with Crippen LogP contribution >= 0.6 is 0 Å². The van der Waals surface area contributed by atoms with Gasteiger partial charge in [-0.15, -0.1) is 5.10 Å². The van der Waals surface area contributed by atoms with Crippen molar-refractivity contribution in [3.8, 4) is 0 Å². The molecule has 0 aromatic carbocycles. The van der Waals surface area contributed by atoms with Gasteiger partial charge in [-0.1, -0.05) is 12.0 Å². The summed E-state index contributed by atoms with van der Waals surface area (Å²) in [7, 11) is 0. The van der Waals surface area contributed by atoms with Crippen molar-refractivity contribution in [2.24, 2.45) is 17.6 Å². The van der Waals surface area contributed by atoms with E-state index in [1.165, 1.54) is 0 Å². The van der Waals surface area contributed by atoms with Crippen molar-refractivity contribution in [3.05, 3.63) is 5.89 Å². The molecule has 0 unspecified atom stereocenters. The number of primary amides is 1. The number of ether oxygens (including phenoxy) is 1. The van der Waals surface area contributed by atoms with Crippen molar-refractivity contribution in [3.63, 3.8) is 0 Å². The summed E-state index contributed by atoms with van der Waals surface area (Å²) in [5, 5.41) is 11.1. The molecule has 2 amide bonds. The van der Waals surface area contributed by atoms with Gasteiger partial charge in [-0.25, -0.2) is 0 Å². The van der Waals surface area contributed by atoms with Crippen LogP contribution in [0.3, 0.4) is 0 Å². The maximum Gasteiger partial charge on any atom is 0.315 e. The SMILES string of the molecule is CCCO[C@@H]1CC[C@H](C(=O)N2CCC(C(N)=O)CC2)C[C@H]1Nc1nnc(C)o1. The van der Waals surface area contributed by atoms with Crippen LogP contribution < -0.4 is 11.1 Å². The molecule has 9 heteroatoms. The highest BCUT2D eigenvalue weighted by atomic mass is 16.5. The summed E-state index contributed by atoms with van der Waals surface area (Å²) >= 11 is 0. The highest BCUT2D eigenvalue weighted by Gasteiger charge is 2.38. The van der Waals surface area contributed by atoms with E-state index in [2.05, 4.69) is 22.4 Å². The first-order valence-electron chi connectivity index (χ1n) is 10.2. The molecule has 1 aromatic rings. The van der Waals surface area contributed by atoms with Crippen molar-refractivity contribution in [2.45, 2.75) is 64.5 Å². The van der Waals surface area contributed by atoms with Gasteiger partial charge in [-0.3, -0.25) is 9.59 Å². The maximum atomic E-state index is 13.0. The Morgan fingerprint density at radius 2 is 1.96 bits per heavy atom. The van der Waals surface area contributed by atoms with Gasteiger partial charge in [-0.2, -0.15) is 0 Å². The molecule has 3 rings (SSSR count). The zero-order valence-electron chi connectivity index (χ0n) is 16.7. The molecule has 2 fully saturated rings. The number of hydrogen-bond donors (Lipinski definition) is 2. The normalized spacial score (nSPS) is 26.2. The van der Waals surface area contributed by atoms with Gasteiger partial charge in [0.05, 0.1) is 12.1 Å². The Morgan fingerprint density at radius 1 is 1.21 bits per heavy atom. The van der Waals surface area contributed by atoms with Crippen molar-refractivity contribution in [2.75, 3.05) is 25.0 Å². The number of aromatic nitrogens is 2. The second-order valence-electron chi connectivity index (χ2n) is 7.80. The molecule has 0 spiro atoms. The molecule has 2 heterocycles. The van der Waals surface area contributed by atoms with Gasteiger partial charge in [0.25, 0.3) is 0 Å². The van der Waals surface area contributed by atoms with Crippen LogP contribution in [-0.2, 0) is 14.3 Å². The fourth-order valence-corrected chi connectivity index (χ4v) is 4.14. The molecule has 0 bridgehead atoms. The molecular weight excluding hydrogens is 362 g/mol. The number of hydrogen-bond acceptors (Lipinski definition) is 7. The van der Waals surface area contributed by atoms with E-state index in [0.29, 0.717) is 50.9 Å². The monoisotopic (exact) mass is 393 g/mol. The van der Waals surface area contributed by atoms with Crippen LogP contribution in [0.2, 0.25) is 0 Å². The number of carbonyl (C=O) groups is 2. The summed E-state index contributed by atoms with van der Waals surface area (Å²) in [5.74, 6) is 0.199. The van der Waals surface area contributed by atoms with Crippen LogP contribution in [0.25, 0.3) is 0 Å². The second kappa shape index (κ2) is 9.36. The summed E-state index contributed by atoms with van der Waals surface area (Å²) < 4.78 is 11.5. The summed E-state index contributed by atoms with van der Waals surface area (Å²) in [6.07, 6.45) is 4.52. The van der Waals surface area contributed by atoms with E-state index in [0.717, 1.165) is 19.3 Å². The minimum atomic E-state index is -0.264. The first kappa shape index (κ1) is 20.6. The van der Waals surface area contributed by atoms with Gasteiger partial charge >= 0.3 is 6.01 Å².